The Labute approximate surface area is 104 Å². The molecule has 0 radical (unpaired) electrons. The van der Waals surface area contributed by atoms with Gasteiger partial charge in [-0.15, -0.1) is 11.3 Å². The standard InChI is InChI=1S/C9H9F3N4OS/c1-4(13)8-14-5(3-18-8)7-15-6(16-17-7)2-9(10,11)12/h3-4H,2,13H2,1H3. The fourth-order valence-corrected chi connectivity index (χ4v) is 1.96. The number of halogens is 3. The van der Waals surface area contributed by atoms with Crippen LogP contribution >= 0.6 is 11.3 Å². The highest BCUT2D eigenvalue weighted by Gasteiger charge is 2.30. The number of aromatic nitrogens is 3. The van der Waals surface area contributed by atoms with Crippen LogP contribution in [0.15, 0.2) is 9.90 Å². The molecule has 2 N–H and O–H groups in total. The number of nitrogens with zero attached hydrogens (tertiary/aromatic N) is 3. The van der Waals surface area contributed by atoms with Gasteiger partial charge >= 0.3 is 6.18 Å². The lowest BCUT2D eigenvalue weighted by atomic mass is 10.4. The summed E-state index contributed by atoms with van der Waals surface area (Å²) in [6.07, 6.45) is -5.58. The number of rotatable bonds is 3. The van der Waals surface area contributed by atoms with Crippen LogP contribution in [-0.2, 0) is 6.42 Å². The summed E-state index contributed by atoms with van der Waals surface area (Å²) in [5.41, 5.74) is 5.97. The van der Waals surface area contributed by atoms with Crippen LogP contribution in [0.5, 0.6) is 0 Å². The van der Waals surface area contributed by atoms with Gasteiger partial charge < -0.3 is 10.3 Å². The van der Waals surface area contributed by atoms with E-state index in [2.05, 4.69) is 15.1 Å². The van der Waals surface area contributed by atoms with Crippen LogP contribution in [0.3, 0.4) is 0 Å². The molecule has 1 atom stereocenters. The molecule has 9 heteroatoms. The highest BCUT2D eigenvalue weighted by atomic mass is 32.1. The molecule has 0 saturated carbocycles. The first-order valence-corrected chi connectivity index (χ1v) is 5.84. The van der Waals surface area contributed by atoms with Crippen LogP contribution in [0.4, 0.5) is 13.2 Å². The maximum absolute atomic E-state index is 12.1. The molecule has 0 aliphatic carbocycles. The van der Waals surface area contributed by atoms with Gasteiger partial charge in [-0.25, -0.2) is 4.98 Å². The summed E-state index contributed by atoms with van der Waals surface area (Å²) < 4.78 is 41.1. The van der Waals surface area contributed by atoms with E-state index in [1.807, 2.05) is 0 Å². The molecule has 0 aliphatic heterocycles. The monoisotopic (exact) mass is 278 g/mol. The number of hydrogen-bond acceptors (Lipinski definition) is 6. The number of thiazole rings is 1. The summed E-state index contributed by atoms with van der Waals surface area (Å²) in [5, 5.41) is 5.53. The SMILES string of the molecule is CC(N)c1nc(-c2nc(CC(F)(F)F)no2)cs1. The molecule has 0 fully saturated rings. The first-order chi connectivity index (χ1) is 8.35. The summed E-state index contributed by atoms with van der Waals surface area (Å²) in [7, 11) is 0. The summed E-state index contributed by atoms with van der Waals surface area (Å²) in [4.78, 5) is 7.75. The summed E-state index contributed by atoms with van der Waals surface area (Å²) in [6.45, 7) is 1.76. The second-order valence-corrected chi connectivity index (χ2v) is 4.56. The van der Waals surface area contributed by atoms with Crippen molar-refractivity contribution in [2.24, 2.45) is 5.73 Å². The van der Waals surface area contributed by atoms with E-state index in [0.29, 0.717) is 10.7 Å². The van der Waals surface area contributed by atoms with E-state index in [9.17, 15) is 13.2 Å². The van der Waals surface area contributed by atoms with Crippen molar-refractivity contribution in [3.63, 3.8) is 0 Å². The lowest BCUT2D eigenvalue weighted by Crippen LogP contribution is -2.12. The van der Waals surface area contributed by atoms with Crippen molar-refractivity contribution in [2.45, 2.75) is 25.6 Å². The van der Waals surface area contributed by atoms with Gasteiger partial charge in [-0.1, -0.05) is 5.16 Å². The van der Waals surface area contributed by atoms with Crippen LogP contribution in [-0.4, -0.2) is 21.3 Å². The summed E-state index contributed by atoms with van der Waals surface area (Å²) >= 11 is 1.29. The Morgan fingerprint density at radius 2 is 2.17 bits per heavy atom. The van der Waals surface area contributed by atoms with Gasteiger partial charge in [0.25, 0.3) is 5.89 Å². The fraction of sp³-hybridized carbons (Fsp3) is 0.444. The maximum Gasteiger partial charge on any atom is 0.396 e. The van der Waals surface area contributed by atoms with E-state index < -0.39 is 18.4 Å². The zero-order valence-electron chi connectivity index (χ0n) is 9.23. The van der Waals surface area contributed by atoms with Crippen LogP contribution in [0.1, 0.15) is 23.8 Å². The number of hydrogen-bond donors (Lipinski definition) is 1. The van der Waals surface area contributed by atoms with Crippen molar-refractivity contribution in [3.8, 4) is 11.6 Å². The molecule has 98 valence electrons. The molecule has 5 nitrogen and oxygen atoms in total. The third-order valence-electron chi connectivity index (χ3n) is 1.96. The number of alkyl halides is 3. The molecule has 18 heavy (non-hydrogen) atoms. The molecule has 0 saturated heterocycles. The molecule has 2 heterocycles. The van der Waals surface area contributed by atoms with E-state index in [1.165, 1.54) is 11.3 Å². The molecule has 0 bridgehead atoms. The lowest BCUT2D eigenvalue weighted by Gasteiger charge is -1.99. The van der Waals surface area contributed by atoms with Gasteiger partial charge in [0.2, 0.25) is 0 Å². The van der Waals surface area contributed by atoms with Crippen molar-refractivity contribution in [2.75, 3.05) is 0 Å². The van der Waals surface area contributed by atoms with Gasteiger partial charge in [-0.2, -0.15) is 18.2 Å². The third-order valence-corrected chi connectivity index (χ3v) is 3.00. The molecule has 2 rings (SSSR count). The highest BCUT2D eigenvalue weighted by Crippen LogP contribution is 2.25. The summed E-state index contributed by atoms with van der Waals surface area (Å²) in [5.74, 6) is -0.440. The molecular weight excluding hydrogens is 269 g/mol. The first kappa shape index (κ1) is 13.0. The minimum Gasteiger partial charge on any atom is -0.332 e. The quantitative estimate of drug-likeness (QED) is 0.932. The molecule has 0 aromatic carbocycles. The third kappa shape index (κ3) is 3.05. The van der Waals surface area contributed by atoms with Crippen molar-refractivity contribution in [1.82, 2.24) is 15.1 Å². The zero-order chi connectivity index (χ0) is 13.3. The molecular formula is C9H9F3N4OS. The summed E-state index contributed by atoms with van der Waals surface area (Å²) in [6, 6.07) is -0.249. The van der Waals surface area contributed by atoms with Crippen molar-refractivity contribution in [1.29, 1.82) is 0 Å². The molecule has 1 unspecified atom stereocenters. The average Bonchev–Trinajstić information content (AvgIpc) is 2.81. The molecule has 0 spiro atoms. The Bertz CT molecular complexity index is 534. The Morgan fingerprint density at radius 3 is 2.72 bits per heavy atom. The van der Waals surface area contributed by atoms with Crippen LogP contribution < -0.4 is 5.73 Å². The van der Waals surface area contributed by atoms with Crippen molar-refractivity contribution in [3.05, 3.63) is 16.2 Å². The molecule has 2 aromatic heterocycles. The Balaban J connectivity index is 2.18. The van der Waals surface area contributed by atoms with E-state index in [4.69, 9.17) is 10.3 Å². The smallest absolute Gasteiger partial charge is 0.332 e. The van der Waals surface area contributed by atoms with E-state index in [-0.39, 0.29) is 11.9 Å². The molecule has 0 amide bonds. The van der Waals surface area contributed by atoms with Gasteiger partial charge in [-0.05, 0) is 6.92 Å². The van der Waals surface area contributed by atoms with Crippen LogP contribution in [0, 0.1) is 0 Å². The van der Waals surface area contributed by atoms with Crippen LogP contribution in [0.2, 0.25) is 0 Å². The van der Waals surface area contributed by atoms with Crippen molar-refractivity contribution < 1.29 is 17.7 Å². The normalized spacial score (nSPS) is 13.8. The van der Waals surface area contributed by atoms with Gasteiger partial charge in [0.15, 0.2) is 5.82 Å². The van der Waals surface area contributed by atoms with Gasteiger partial charge in [0, 0.05) is 5.38 Å². The van der Waals surface area contributed by atoms with E-state index in [1.54, 1.807) is 12.3 Å². The number of nitrogens with two attached hydrogens (primary N) is 1. The molecule has 2 aromatic rings. The van der Waals surface area contributed by atoms with Gasteiger partial charge in [-0.3, -0.25) is 0 Å². The zero-order valence-corrected chi connectivity index (χ0v) is 10.0. The minimum atomic E-state index is -4.36. The second kappa shape index (κ2) is 4.65. The second-order valence-electron chi connectivity index (χ2n) is 3.67. The van der Waals surface area contributed by atoms with Crippen LogP contribution in [0.25, 0.3) is 11.6 Å². The molecule has 0 aliphatic rings. The average molecular weight is 278 g/mol. The van der Waals surface area contributed by atoms with Gasteiger partial charge in [0.05, 0.1) is 6.04 Å². The minimum absolute atomic E-state index is 0.0302. The predicted molar refractivity (Wildman–Crippen MR) is 57.8 cm³/mol. The fourth-order valence-electron chi connectivity index (χ4n) is 1.20. The maximum atomic E-state index is 12.1. The first-order valence-electron chi connectivity index (χ1n) is 4.96. The topological polar surface area (TPSA) is 77.8 Å². The highest BCUT2D eigenvalue weighted by molar-refractivity contribution is 7.10. The van der Waals surface area contributed by atoms with E-state index >= 15 is 0 Å². The largest absolute Gasteiger partial charge is 0.396 e. The Hall–Kier alpha value is -1.48. The lowest BCUT2D eigenvalue weighted by molar-refractivity contribution is -0.128. The van der Waals surface area contributed by atoms with Gasteiger partial charge in [0.1, 0.15) is 17.1 Å². The van der Waals surface area contributed by atoms with E-state index in [0.717, 1.165) is 0 Å². The predicted octanol–water partition coefficient (Wildman–Crippen LogP) is 2.32. The van der Waals surface area contributed by atoms with Crippen molar-refractivity contribution >= 4 is 11.3 Å². The Morgan fingerprint density at radius 1 is 1.44 bits per heavy atom. The Kier molecular flexibility index (Phi) is 3.35.